The Morgan fingerprint density at radius 2 is 2.00 bits per heavy atom. The van der Waals surface area contributed by atoms with Crippen LogP contribution in [0.15, 0.2) is 29.3 Å². The summed E-state index contributed by atoms with van der Waals surface area (Å²) in [6.07, 6.45) is 0.117. The van der Waals surface area contributed by atoms with Gasteiger partial charge in [0.05, 0.1) is 11.8 Å². The number of amides is 2. The first-order valence-electron chi connectivity index (χ1n) is 5.01. The largest absolute Gasteiger partial charge is 0.349 e. The summed E-state index contributed by atoms with van der Waals surface area (Å²) in [7, 11) is 3.34. The molecule has 0 spiro atoms. The summed E-state index contributed by atoms with van der Waals surface area (Å²) >= 11 is 0. The van der Waals surface area contributed by atoms with Crippen LogP contribution in [-0.2, 0) is 9.59 Å². The molecule has 1 heterocycles. The second kappa shape index (κ2) is 3.89. The highest BCUT2D eigenvalue weighted by molar-refractivity contribution is 6.18. The molecule has 0 bridgehead atoms. The zero-order valence-corrected chi connectivity index (χ0v) is 9.23. The number of rotatable bonds is 2. The van der Waals surface area contributed by atoms with Crippen LogP contribution in [0.3, 0.4) is 0 Å². The SMILES string of the molecule is CN(C)C(=O)CC1=c2ccccc2=NC1=O. The van der Waals surface area contributed by atoms with Gasteiger partial charge in [-0.05, 0) is 6.07 Å². The van der Waals surface area contributed by atoms with Gasteiger partial charge in [0.2, 0.25) is 5.91 Å². The maximum atomic E-state index is 11.6. The van der Waals surface area contributed by atoms with Crippen LogP contribution in [0.1, 0.15) is 6.42 Å². The van der Waals surface area contributed by atoms with E-state index in [1.165, 1.54) is 4.90 Å². The maximum absolute atomic E-state index is 11.6. The van der Waals surface area contributed by atoms with Gasteiger partial charge in [-0.25, -0.2) is 4.99 Å². The number of carbonyl (C=O) groups is 2. The molecule has 4 heteroatoms. The summed E-state index contributed by atoms with van der Waals surface area (Å²) in [5.41, 5.74) is 0.495. The van der Waals surface area contributed by atoms with Crippen molar-refractivity contribution in [1.82, 2.24) is 4.90 Å². The van der Waals surface area contributed by atoms with E-state index in [1.807, 2.05) is 18.2 Å². The lowest BCUT2D eigenvalue weighted by Crippen LogP contribution is -2.26. The number of fused-ring (bicyclic) bond motifs is 1. The van der Waals surface area contributed by atoms with E-state index >= 15 is 0 Å². The highest BCUT2D eigenvalue weighted by atomic mass is 16.2. The molecular formula is C12H12N2O2. The standard InChI is InChI=1S/C12H12N2O2/c1-14(2)11(15)7-9-8-5-3-4-6-10(8)13-12(9)16/h3-6H,7H2,1-2H3. The van der Waals surface area contributed by atoms with Crippen LogP contribution < -0.4 is 10.6 Å². The molecule has 82 valence electrons. The topological polar surface area (TPSA) is 49.7 Å². The van der Waals surface area contributed by atoms with Crippen LogP contribution in [0.5, 0.6) is 0 Å². The van der Waals surface area contributed by atoms with E-state index in [4.69, 9.17) is 0 Å². The van der Waals surface area contributed by atoms with Gasteiger partial charge < -0.3 is 4.90 Å². The van der Waals surface area contributed by atoms with Crippen LogP contribution in [0.2, 0.25) is 0 Å². The highest BCUT2D eigenvalue weighted by Gasteiger charge is 2.19. The van der Waals surface area contributed by atoms with Crippen molar-refractivity contribution < 1.29 is 9.59 Å². The normalized spacial score (nSPS) is 13.4. The molecule has 0 saturated heterocycles. The Balaban J connectivity index is 2.47. The number of para-hydroxylation sites is 1. The molecule has 0 saturated carbocycles. The minimum atomic E-state index is -0.295. The zero-order chi connectivity index (χ0) is 11.7. The molecular weight excluding hydrogens is 204 g/mol. The van der Waals surface area contributed by atoms with Gasteiger partial charge in [0.1, 0.15) is 0 Å². The van der Waals surface area contributed by atoms with Gasteiger partial charge in [0.25, 0.3) is 5.91 Å². The van der Waals surface area contributed by atoms with Crippen molar-refractivity contribution in [3.63, 3.8) is 0 Å². The van der Waals surface area contributed by atoms with E-state index in [1.54, 1.807) is 20.2 Å². The predicted octanol–water partition coefficient (Wildman–Crippen LogP) is -0.525. The monoisotopic (exact) mass is 216 g/mol. The van der Waals surface area contributed by atoms with Crippen molar-refractivity contribution in [3.8, 4) is 0 Å². The fourth-order valence-electron chi connectivity index (χ4n) is 1.60. The average molecular weight is 216 g/mol. The second-order valence-electron chi connectivity index (χ2n) is 3.88. The molecule has 0 aliphatic carbocycles. The summed E-state index contributed by atoms with van der Waals surface area (Å²) in [6.45, 7) is 0. The first kappa shape index (κ1) is 10.5. The molecule has 4 nitrogen and oxygen atoms in total. The van der Waals surface area contributed by atoms with Crippen molar-refractivity contribution in [3.05, 3.63) is 34.8 Å². The molecule has 1 aliphatic rings. The average Bonchev–Trinajstić information content (AvgIpc) is 2.55. The molecule has 0 aromatic heterocycles. The third-order valence-corrected chi connectivity index (χ3v) is 2.54. The summed E-state index contributed by atoms with van der Waals surface area (Å²) < 4.78 is 0. The summed E-state index contributed by atoms with van der Waals surface area (Å²) in [5.74, 6) is -0.383. The van der Waals surface area contributed by atoms with Gasteiger partial charge in [0.15, 0.2) is 0 Å². The van der Waals surface area contributed by atoms with E-state index < -0.39 is 0 Å². The van der Waals surface area contributed by atoms with Gasteiger partial charge in [-0.1, -0.05) is 18.2 Å². The van der Waals surface area contributed by atoms with Gasteiger partial charge in [-0.2, -0.15) is 0 Å². The number of benzene rings is 1. The predicted molar refractivity (Wildman–Crippen MR) is 58.9 cm³/mol. The second-order valence-corrected chi connectivity index (χ2v) is 3.88. The minimum Gasteiger partial charge on any atom is -0.349 e. The minimum absolute atomic E-state index is 0.0877. The van der Waals surface area contributed by atoms with E-state index in [9.17, 15) is 9.59 Å². The van der Waals surface area contributed by atoms with Crippen molar-refractivity contribution in [2.45, 2.75) is 6.42 Å². The van der Waals surface area contributed by atoms with E-state index in [-0.39, 0.29) is 18.2 Å². The van der Waals surface area contributed by atoms with Crippen molar-refractivity contribution in [2.75, 3.05) is 14.1 Å². The Hall–Kier alpha value is -1.97. The summed E-state index contributed by atoms with van der Waals surface area (Å²) in [6, 6.07) is 7.27. The third kappa shape index (κ3) is 1.74. The van der Waals surface area contributed by atoms with Crippen LogP contribution in [-0.4, -0.2) is 30.8 Å². The molecule has 0 N–H and O–H groups in total. The van der Waals surface area contributed by atoms with Crippen LogP contribution in [0.4, 0.5) is 0 Å². The summed E-state index contributed by atoms with van der Waals surface area (Å²) in [4.78, 5) is 28.6. The van der Waals surface area contributed by atoms with E-state index in [0.717, 1.165) is 5.22 Å². The zero-order valence-electron chi connectivity index (χ0n) is 9.23. The van der Waals surface area contributed by atoms with Crippen LogP contribution in [0, 0.1) is 0 Å². The van der Waals surface area contributed by atoms with Crippen molar-refractivity contribution in [2.24, 2.45) is 4.99 Å². The maximum Gasteiger partial charge on any atom is 0.274 e. The first-order chi connectivity index (χ1) is 7.59. The third-order valence-electron chi connectivity index (χ3n) is 2.54. The first-order valence-corrected chi connectivity index (χ1v) is 5.01. The Morgan fingerprint density at radius 1 is 1.31 bits per heavy atom. The molecule has 2 rings (SSSR count). The van der Waals surface area contributed by atoms with Gasteiger partial charge in [-0.15, -0.1) is 0 Å². The molecule has 1 aromatic rings. The molecule has 1 aliphatic heterocycles. The Kier molecular flexibility index (Phi) is 2.56. The Bertz CT molecular complexity index is 573. The lowest BCUT2D eigenvalue weighted by Gasteiger charge is -2.09. The molecule has 0 atom stereocenters. The highest BCUT2D eigenvalue weighted by Crippen LogP contribution is 2.07. The molecule has 2 amide bonds. The van der Waals surface area contributed by atoms with Crippen molar-refractivity contribution in [1.29, 1.82) is 0 Å². The van der Waals surface area contributed by atoms with E-state index in [2.05, 4.69) is 4.99 Å². The Labute approximate surface area is 92.9 Å². The van der Waals surface area contributed by atoms with Crippen LogP contribution >= 0.6 is 0 Å². The fraction of sp³-hybridized carbons (Fsp3) is 0.250. The quantitative estimate of drug-likeness (QED) is 0.667. The van der Waals surface area contributed by atoms with Gasteiger partial charge >= 0.3 is 0 Å². The van der Waals surface area contributed by atoms with Crippen LogP contribution in [0.25, 0.3) is 5.57 Å². The van der Waals surface area contributed by atoms with Crippen molar-refractivity contribution >= 4 is 17.4 Å². The lowest BCUT2D eigenvalue weighted by atomic mass is 10.1. The molecule has 0 radical (unpaired) electrons. The molecule has 16 heavy (non-hydrogen) atoms. The fourth-order valence-corrected chi connectivity index (χ4v) is 1.60. The number of nitrogens with zero attached hydrogens (tertiary/aromatic N) is 2. The molecule has 0 fully saturated rings. The van der Waals surface area contributed by atoms with Gasteiger partial charge in [-0.3, -0.25) is 9.59 Å². The summed E-state index contributed by atoms with van der Waals surface area (Å²) in [5, 5.41) is 1.44. The smallest absolute Gasteiger partial charge is 0.274 e. The Morgan fingerprint density at radius 3 is 2.69 bits per heavy atom. The van der Waals surface area contributed by atoms with Gasteiger partial charge in [0, 0.05) is 24.9 Å². The number of hydrogen-bond donors (Lipinski definition) is 0. The molecule has 0 unspecified atom stereocenters. The lowest BCUT2D eigenvalue weighted by molar-refractivity contribution is -0.128. The number of hydrogen-bond acceptors (Lipinski definition) is 2. The molecule has 1 aromatic carbocycles. The number of carbonyl (C=O) groups excluding carboxylic acids is 2. The van der Waals surface area contributed by atoms with E-state index in [0.29, 0.717) is 10.9 Å².